The summed E-state index contributed by atoms with van der Waals surface area (Å²) in [5.41, 5.74) is 1.45. The monoisotopic (exact) mass is 214 g/mol. The fraction of sp³-hybridized carbons (Fsp3) is 0.538. The third kappa shape index (κ3) is 5.40. The van der Waals surface area contributed by atoms with Gasteiger partial charge in [0.2, 0.25) is 0 Å². The number of hydrogen-bond acceptors (Lipinski definition) is 1. The van der Waals surface area contributed by atoms with E-state index in [1.165, 1.54) is 6.07 Å². The van der Waals surface area contributed by atoms with E-state index in [1.54, 1.807) is 20.1 Å². The first-order valence-corrected chi connectivity index (χ1v) is 5.46. The molecule has 1 aromatic carbocycles. The Hall–Kier alpha value is -1.05. The molecule has 0 heterocycles. The van der Waals surface area contributed by atoms with E-state index < -0.39 is 0 Å². The van der Waals surface area contributed by atoms with Crippen LogP contribution in [-0.4, -0.2) is 7.11 Å². The first-order valence-electron chi connectivity index (χ1n) is 5.46. The number of halogens is 1. The van der Waals surface area contributed by atoms with Crippen molar-refractivity contribution in [1.29, 1.82) is 0 Å². The summed E-state index contributed by atoms with van der Waals surface area (Å²) < 4.78 is 17.9. The van der Waals surface area contributed by atoms with Crippen LogP contribution in [0.5, 0.6) is 5.75 Å². The minimum absolute atomic E-state index is 0.177. The van der Waals surface area contributed by atoms with Crippen molar-refractivity contribution in [2.45, 2.75) is 41.5 Å². The van der Waals surface area contributed by atoms with Gasteiger partial charge in [0.1, 0.15) is 11.6 Å². The van der Waals surface area contributed by atoms with Gasteiger partial charge < -0.3 is 4.74 Å². The summed E-state index contributed by atoms with van der Waals surface area (Å²) >= 11 is 0. The summed E-state index contributed by atoms with van der Waals surface area (Å²) in [6.07, 6.45) is 0. The maximum absolute atomic E-state index is 12.8. The maximum Gasteiger partial charge on any atom is 0.126 e. The summed E-state index contributed by atoms with van der Waals surface area (Å²) in [4.78, 5) is 0. The average molecular weight is 214 g/mol. The third-order valence-electron chi connectivity index (χ3n) is 1.68. The van der Waals surface area contributed by atoms with Gasteiger partial charge in [-0.05, 0) is 37.1 Å². The van der Waals surface area contributed by atoms with E-state index in [0.29, 0.717) is 5.56 Å². The molecule has 1 aromatic rings. The smallest absolute Gasteiger partial charge is 0.126 e. The normalized spacial score (nSPS) is 8.00. The van der Waals surface area contributed by atoms with Crippen LogP contribution in [0.3, 0.4) is 0 Å². The Kier molecular flexibility index (Phi) is 10.4. The Morgan fingerprint density at radius 3 is 1.80 bits per heavy atom. The third-order valence-corrected chi connectivity index (χ3v) is 1.68. The van der Waals surface area contributed by atoms with E-state index in [9.17, 15) is 4.39 Å². The Labute approximate surface area is 93.3 Å². The molecule has 1 nitrogen and oxygen atoms in total. The highest BCUT2D eigenvalue weighted by atomic mass is 19.1. The molecular weight excluding hydrogens is 191 g/mol. The van der Waals surface area contributed by atoms with Crippen LogP contribution in [0.25, 0.3) is 0 Å². The maximum atomic E-state index is 12.8. The van der Waals surface area contributed by atoms with Crippen molar-refractivity contribution in [3.05, 3.63) is 29.1 Å². The number of rotatable bonds is 1. The highest BCUT2D eigenvalue weighted by Crippen LogP contribution is 2.20. The molecule has 0 amide bonds. The van der Waals surface area contributed by atoms with Crippen LogP contribution in [0.4, 0.5) is 4.39 Å². The van der Waals surface area contributed by atoms with Crippen molar-refractivity contribution in [2.75, 3.05) is 7.11 Å². The Morgan fingerprint density at radius 2 is 1.40 bits per heavy atom. The molecule has 0 radical (unpaired) electrons. The summed E-state index contributed by atoms with van der Waals surface area (Å²) in [6.45, 7) is 11.5. The molecule has 0 bridgehead atoms. The van der Waals surface area contributed by atoms with Gasteiger partial charge in [0.15, 0.2) is 0 Å². The van der Waals surface area contributed by atoms with Crippen LogP contribution in [0.2, 0.25) is 0 Å². The van der Waals surface area contributed by atoms with Crippen molar-refractivity contribution in [3.8, 4) is 5.75 Å². The molecule has 88 valence electrons. The Bertz CT molecular complexity index is 269. The standard InChI is InChI=1S/C9H11FO.2C2H6/c1-6-5-9(11-3)7(2)4-8(6)10;2*1-2/h4-5H,1-3H3;2*1-2H3. The lowest BCUT2D eigenvalue weighted by Gasteiger charge is -2.05. The van der Waals surface area contributed by atoms with Crippen molar-refractivity contribution in [1.82, 2.24) is 0 Å². The number of hydrogen-bond donors (Lipinski definition) is 0. The van der Waals surface area contributed by atoms with Crippen LogP contribution < -0.4 is 4.74 Å². The summed E-state index contributed by atoms with van der Waals surface area (Å²) in [6, 6.07) is 3.18. The number of aryl methyl sites for hydroxylation is 2. The summed E-state index contributed by atoms with van der Waals surface area (Å²) in [5, 5.41) is 0. The molecule has 0 saturated heterocycles. The van der Waals surface area contributed by atoms with Crippen molar-refractivity contribution in [3.63, 3.8) is 0 Å². The fourth-order valence-corrected chi connectivity index (χ4v) is 0.974. The molecule has 15 heavy (non-hydrogen) atoms. The van der Waals surface area contributed by atoms with Crippen molar-refractivity contribution >= 4 is 0 Å². The predicted octanol–water partition coefficient (Wildman–Crippen LogP) is 4.50. The van der Waals surface area contributed by atoms with Gasteiger partial charge in [-0.2, -0.15) is 0 Å². The SMILES string of the molecule is CC.CC.COc1cc(C)c(F)cc1C. The van der Waals surface area contributed by atoms with Gasteiger partial charge in [-0.1, -0.05) is 27.7 Å². The lowest BCUT2D eigenvalue weighted by molar-refractivity contribution is 0.410. The highest BCUT2D eigenvalue weighted by Gasteiger charge is 2.02. The van der Waals surface area contributed by atoms with E-state index in [0.717, 1.165) is 11.3 Å². The lowest BCUT2D eigenvalue weighted by atomic mass is 10.1. The van der Waals surface area contributed by atoms with Crippen LogP contribution >= 0.6 is 0 Å². The lowest BCUT2D eigenvalue weighted by Crippen LogP contribution is -1.90. The predicted molar refractivity (Wildman–Crippen MR) is 65.1 cm³/mol. The zero-order valence-electron chi connectivity index (χ0n) is 10.9. The molecule has 2 heteroatoms. The molecule has 0 unspecified atom stereocenters. The molecule has 0 saturated carbocycles. The van der Waals surface area contributed by atoms with Crippen LogP contribution in [-0.2, 0) is 0 Å². The van der Waals surface area contributed by atoms with Crippen molar-refractivity contribution in [2.24, 2.45) is 0 Å². The highest BCUT2D eigenvalue weighted by molar-refractivity contribution is 5.36. The van der Waals surface area contributed by atoms with Crippen molar-refractivity contribution < 1.29 is 9.13 Å². The van der Waals surface area contributed by atoms with Gasteiger partial charge in [0.25, 0.3) is 0 Å². The number of methoxy groups -OCH3 is 1. The van der Waals surface area contributed by atoms with E-state index >= 15 is 0 Å². The zero-order chi connectivity index (χ0) is 12.4. The van der Waals surface area contributed by atoms with Gasteiger partial charge >= 0.3 is 0 Å². The molecule has 0 aliphatic rings. The molecular formula is C13H23FO. The summed E-state index contributed by atoms with van der Waals surface area (Å²) in [5.74, 6) is 0.562. The Balaban J connectivity index is 0. The second kappa shape index (κ2) is 9.50. The quantitative estimate of drug-likeness (QED) is 0.668. The number of benzene rings is 1. The van der Waals surface area contributed by atoms with Crippen LogP contribution in [0.15, 0.2) is 12.1 Å². The van der Waals surface area contributed by atoms with Gasteiger partial charge in [-0.3, -0.25) is 0 Å². The fourth-order valence-electron chi connectivity index (χ4n) is 0.974. The Morgan fingerprint density at radius 1 is 0.933 bits per heavy atom. The van der Waals surface area contributed by atoms with E-state index in [4.69, 9.17) is 4.74 Å². The molecule has 0 N–H and O–H groups in total. The van der Waals surface area contributed by atoms with E-state index in [-0.39, 0.29) is 5.82 Å². The first-order chi connectivity index (χ1) is 7.15. The second-order valence-electron chi connectivity index (χ2n) is 2.57. The first kappa shape index (κ1) is 16.4. The minimum atomic E-state index is -0.177. The summed E-state index contributed by atoms with van der Waals surface area (Å²) in [7, 11) is 1.58. The van der Waals surface area contributed by atoms with Gasteiger partial charge in [-0.25, -0.2) is 4.39 Å². The largest absolute Gasteiger partial charge is 0.496 e. The minimum Gasteiger partial charge on any atom is -0.496 e. The second-order valence-corrected chi connectivity index (χ2v) is 2.57. The van der Waals surface area contributed by atoms with Crippen LogP contribution in [0, 0.1) is 19.7 Å². The van der Waals surface area contributed by atoms with Gasteiger partial charge in [-0.15, -0.1) is 0 Å². The average Bonchev–Trinajstić information content (AvgIpc) is 2.29. The molecule has 0 spiro atoms. The zero-order valence-corrected chi connectivity index (χ0v) is 10.9. The van der Waals surface area contributed by atoms with Gasteiger partial charge in [0, 0.05) is 0 Å². The van der Waals surface area contributed by atoms with E-state index in [2.05, 4.69) is 0 Å². The van der Waals surface area contributed by atoms with Gasteiger partial charge in [0.05, 0.1) is 7.11 Å². The van der Waals surface area contributed by atoms with E-state index in [1.807, 2.05) is 34.6 Å². The molecule has 0 fully saturated rings. The topological polar surface area (TPSA) is 9.23 Å². The molecule has 0 atom stereocenters. The molecule has 0 aromatic heterocycles. The van der Waals surface area contributed by atoms with Crippen LogP contribution in [0.1, 0.15) is 38.8 Å². The molecule has 0 aliphatic heterocycles. The molecule has 1 rings (SSSR count). The number of ether oxygens (including phenoxy) is 1. The molecule has 0 aliphatic carbocycles.